The Morgan fingerprint density at radius 3 is 2.33 bits per heavy atom. The smallest absolute Gasteiger partial charge is 0.276 e. The van der Waals surface area contributed by atoms with Crippen LogP contribution in [0.4, 0.5) is 5.69 Å². The second kappa shape index (κ2) is 11.6. The van der Waals surface area contributed by atoms with E-state index in [-0.39, 0.29) is 5.91 Å². The Hall–Kier alpha value is -3.66. The summed E-state index contributed by atoms with van der Waals surface area (Å²) in [5.74, 6) is -0.256. The maximum Gasteiger partial charge on any atom is 0.276 e. The normalized spacial score (nSPS) is 17.5. The Labute approximate surface area is 229 Å². The minimum atomic E-state index is -0.256. The number of nitrogens with one attached hydrogen (secondary N) is 2. The van der Waals surface area contributed by atoms with Gasteiger partial charge in [-0.1, -0.05) is 12.5 Å². The van der Waals surface area contributed by atoms with Gasteiger partial charge in [0, 0.05) is 68.8 Å². The van der Waals surface area contributed by atoms with Crippen LogP contribution in [-0.2, 0) is 13.1 Å². The molecule has 2 aliphatic rings. The first-order chi connectivity index (χ1) is 19.1. The molecule has 9 heteroatoms. The van der Waals surface area contributed by atoms with Gasteiger partial charge in [0.1, 0.15) is 0 Å². The van der Waals surface area contributed by atoms with Gasteiger partial charge in [0.15, 0.2) is 5.69 Å². The molecule has 2 saturated heterocycles. The number of amides is 1. The van der Waals surface area contributed by atoms with Crippen LogP contribution in [-0.4, -0.2) is 87.1 Å². The zero-order chi connectivity index (χ0) is 26.6. The Morgan fingerprint density at radius 1 is 0.821 bits per heavy atom. The lowest BCUT2D eigenvalue weighted by atomic mass is 10.0. The molecular formula is C30H36N8O. The monoisotopic (exact) mass is 524 g/mol. The highest BCUT2D eigenvalue weighted by Crippen LogP contribution is 2.27. The van der Waals surface area contributed by atoms with Gasteiger partial charge in [-0.15, -0.1) is 0 Å². The number of rotatable bonds is 7. The quantitative estimate of drug-likeness (QED) is 0.377. The molecule has 0 atom stereocenters. The van der Waals surface area contributed by atoms with Crippen LogP contribution in [0.5, 0.6) is 0 Å². The molecular weight excluding hydrogens is 488 g/mol. The van der Waals surface area contributed by atoms with Gasteiger partial charge in [0.25, 0.3) is 5.91 Å². The van der Waals surface area contributed by atoms with Gasteiger partial charge >= 0.3 is 0 Å². The van der Waals surface area contributed by atoms with Crippen LogP contribution in [0.15, 0.2) is 55.1 Å². The Balaban J connectivity index is 1.17. The van der Waals surface area contributed by atoms with Crippen LogP contribution < -0.4 is 5.32 Å². The molecule has 9 nitrogen and oxygen atoms in total. The molecule has 1 aromatic carbocycles. The molecule has 0 unspecified atom stereocenters. The predicted octanol–water partition coefficient (Wildman–Crippen LogP) is 4.01. The second-order valence-corrected chi connectivity index (χ2v) is 10.9. The molecule has 39 heavy (non-hydrogen) atoms. The van der Waals surface area contributed by atoms with Crippen molar-refractivity contribution >= 4 is 22.5 Å². The molecule has 0 aliphatic carbocycles. The molecule has 2 aliphatic heterocycles. The molecule has 0 saturated carbocycles. The topological polar surface area (TPSA) is 93.3 Å². The Bertz CT molecular complexity index is 1440. The number of pyridine rings is 2. The molecule has 2 N–H and O–H groups in total. The van der Waals surface area contributed by atoms with Crippen molar-refractivity contribution in [3.05, 3.63) is 71.9 Å². The van der Waals surface area contributed by atoms with E-state index < -0.39 is 0 Å². The molecule has 3 aromatic heterocycles. The van der Waals surface area contributed by atoms with E-state index >= 15 is 0 Å². The fraction of sp³-hybridized carbons (Fsp3) is 0.400. The van der Waals surface area contributed by atoms with E-state index in [1.54, 1.807) is 6.20 Å². The van der Waals surface area contributed by atoms with Crippen LogP contribution in [0.1, 0.15) is 40.9 Å². The fourth-order valence-corrected chi connectivity index (χ4v) is 5.57. The highest BCUT2D eigenvalue weighted by molar-refractivity contribution is 6.11. The van der Waals surface area contributed by atoms with Crippen molar-refractivity contribution in [1.82, 2.24) is 34.9 Å². The van der Waals surface area contributed by atoms with Gasteiger partial charge in [0.05, 0.1) is 17.4 Å². The molecule has 2 fully saturated rings. The zero-order valence-corrected chi connectivity index (χ0v) is 22.6. The lowest BCUT2D eigenvalue weighted by Gasteiger charge is -2.32. The minimum Gasteiger partial charge on any atom is -0.319 e. The summed E-state index contributed by atoms with van der Waals surface area (Å²) in [6, 6.07) is 10.3. The number of H-pyrrole nitrogens is 1. The maximum absolute atomic E-state index is 13.3. The van der Waals surface area contributed by atoms with E-state index in [2.05, 4.69) is 59.4 Å². The summed E-state index contributed by atoms with van der Waals surface area (Å²) in [5.41, 5.74) is 6.22. The predicted molar refractivity (Wildman–Crippen MR) is 153 cm³/mol. The Morgan fingerprint density at radius 2 is 1.54 bits per heavy atom. The first-order valence-corrected chi connectivity index (χ1v) is 13.9. The summed E-state index contributed by atoms with van der Waals surface area (Å²) in [7, 11) is 2.15. The van der Waals surface area contributed by atoms with Crippen molar-refractivity contribution in [2.45, 2.75) is 32.4 Å². The average Bonchev–Trinajstić information content (AvgIpc) is 3.39. The van der Waals surface area contributed by atoms with Gasteiger partial charge in [-0.3, -0.25) is 29.7 Å². The van der Waals surface area contributed by atoms with E-state index in [4.69, 9.17) is 0 Å². The number of benzene rings is 1. The van der Waals surface area contributed by atoms with Crippen molar-refractivity contribution in [2.24, 2.45) is 0 Å². The number of aromatic nitrogens is 4. The van der Waals surface area contributed by atoms with Gasteiger partial charge < -0.3 is 10.2 Å². The van der Waals surface area contributed by atoms with E-state index in [9.17, 15) is 4.79 Å². The standard InChI is InChI=1S/C30H36N8O/c1-36-9-11-38(12-10-36)21-23-14-26(19-32-17-23)33-30(39)29-27-15-24(5-6-28(27)34-35-29)25-13-22(16-31-18-25)20-37-7-3-2-4-8-37/h5-6,13-19H,2-4,7-12,20-21H2,1H3,(H,33,39)(H,34,35). The van der Waals surface area contributed by atoms with Gasteiger partial charge in [-0.25, -0.2) is 0 Å². The third kappa shape index (κ3) is 6.16. The SMILES string of the molecule is CN1CCN(Cc2cncc(NC(=O)c3n[nH]c4ccc(-c5cncc(CN6CCCCC6)c5)cc34)c2)CC1. The van der Waals surface area contributed by atoms with Gasteiger partial charge in [0.2, 0.25) is 0 Å². The van der Waals surface area contributed by atoms with Crippen molar-refractivity contribution in [1.29, 1.82) is 0 Å². The summed E-state index contributed by atoms with van der Waals surface area (Å²) in [5, 5.41) is 11.2. The zero-order valence-electron chi connectivity index (χ0n) is 22.6. The van der Waals surface area contributed by atoms with E-state index in [0.29, 0.717) is 11.4 Å². The third-order valence-electron chi connectivity index (χ3n) is 7.82. The highest BCUT2D eigenvalue weighted by atomic mass is 16.1. The van der Waals surface area contributed by atoms with Crippen molar-refractivity contribution in [3.63, 3.8) is 0 Å². The minimum absolute atomic E-state index is 0.256. The molecule has 4 aromatic rings. The lowest BCUT2D eigenvalue weighted by Crippen LogP contribution is -2.43. The number of likely N-dealkylation sites (tertiary alicyclic amines) is 1. The first-order valence-electron chi connectivity index (χ1n) is 13.9. The van der Waals surface area contributed by atoms with E-state index in [1.165, 1.54) is 24.8 Å². The van der Waals surface area contributed by atoms with Crippen LogP contribution in [0, 0.1) is 0 Å². The number of nitrogens with zero attached hydrogens (tertiary/aromatic N) is 6. The number of carbonyl (C=O) groups is 1. The summed E-state index contributed by atoms with van der Waals surface area (Å²) >= 11 is 0. The molecule has 6 rings (SSSR count). The molecule has 5 heterocycles. The van der Waals surface area contributed by atoms with Crippen molar-refractivity contribution in [2.75, 3.05) is 51.6 Å². The first kappa shape index (κ1) is 25.6. The number of hydrogen-bond donors (Lipinski definition) is 2. The average molecular weight is 525 g/mol. The number of likely N-dealkylation sites (N-methyl/N-ethyl adjacent to an activating group) is 1. The van der Waals surface area contributed by atoms with Crippen LogP contribution in [0.25, 0.3) is 22.0 Å². The number of fused-ring (bicyclic) bond motifs is 1. The summed E-state index contributed by atoms with van der Waals surface area (Å²) in [6.45, 7) is 8.24. The van der Waals surface area contributed by atoms with Crippen LogP contribution in [0.3, 0.4) is 0 Å². The largest absolute Gasteiger partial charge is 0.319 e. The Kier molecular flexibility index (Phi) is 7.62. The number of piperazine rings is 1. The molecule has 202 valence electrons. The number of aromatic amines is 1. The van der Waals surface area contributed by atoms with Gasteiger partial charge in [-0.05, 0) is 73.9 Å². The molecule has 1 amide bonds. The van der Waals surface area contributed by atoms with Gasteiger partial charge in [-0.2, -0.15) is 5.10 Å². The number of anilines is 1. The summed E-state index contributed by atoms with van der Waals surface area (Å²) in [4.78, 5) is 29.4. The van der Waals surface area contributed by atoms with Crippen molar-refractivity contribution in [3.8, 4) is 11.1 Å². The highest BCUT2D eigenvalue weighted by Gasteiger charge is 2.18. The maximum atomic E-state index is 13.3. The van der Waals surface area contributed by atoms with Crippen LogP contribution in [0.2, 0.25) is 0 Å². The number of piperidine rings is 1. The number of hydrogen-bond acceptors (Lipinski definition) is 7. The van der Waals surface area contributed by atoms with Crippen LogP contribution >= 0.6 is 0 Å². The van der Waals surface area contributed by atoms with Crippen molar-refractivity contribution < 1.29 is 4.79 Å². The summed E-state index contributed by atoms with van der Waals surface area (Å²) in [6.07, 6.45) is 11.3. The van der Waals surface area contributed by atoms with E-state index in [1.807, 2.05) is 36.8 Å². The summed E-state index contributed by atoms with van der Waals surface area (Å²) < 4.78 is 0. The second-order valence-electron chi connectivity index (χ2n) is 10.9. The molecule has 0 bridgehead atoms. The fourth-order valence-electron chi connectivity index (χ4n) is 5.57. The number of carbonyl (C=O) groups excluding carboxylic acids is 1. The molecule has 0 radical (unpaired) electrons. The molecule has 0 spiro atoms. The third-order valence-corrected chi connectivity index (χ3v) is 7.82. The van der Waals surface area contributed by atoms with E-state index in [0.717, 1.165) is 80.0 Å². The lowest BCUT2D eigenvalue weighted by molar-refractivity contribution is 0.102.